The van der Waals surface area contributed by atoms with Crippen LogP contribution in [0.4, 0.5) is 4.79 Å². The number of rotatable bonds is 4. The van der Waals surface area contributed by atoms with E-state index in [-0.39, 0.29) is 19.0 Å². The molecule has 10 heteroatoms. The summed E-state index contributed by atoms with van der Waals surface area (Å²) in [5.41, 5.74) is 0.482. The molecule has 2 aliphatic rings. The number of amides is 4. The van der Waals surface area contributed by atoms with E-state index in [9.17, 15) is 14.4 Å². The first kappa shape index (κ1) is 18.9. The number of aromatic nitrogens is 1. The van der Waals surface area contributed by atoms with Crippen molar-refractivity contribution in [3.05, 3.63) is 59.5 Å². The molecule has 4 heterocycles. The Morgan fingerprint density at radius 2 is 2.10 bits per heavy atom. The lowest BCUT2D eigenvalue weighted by Gasteiger charge is -2.36. The molecule has 3 aromatic rings. The summed E-state index contributed by atoms with van der Waals surface area (Å²) in [6.45, 7) is 0.379. The molecule has 2 aliphatic heterocycles. The van der Waals surface area contributed by atoms with E-state index in [0.29, 0.717) is 29.3 Å². The molecule has 4 amide bonds. The van der Waals surface area contributed by atoms with Gasteiger partial charge in [-0.3, -0.25) is 14.9 Å². The summed E-state index contributed by atoms with van der Waals surface area (Å²) >= 11 is 1.76. The average Bonchev–Trinajstić information content (AvgIpc) is 3.31. The van der Waals surface area contributed by atoms with Crippen molar-refractivity contribution in [1.82, 2.24) is 20.5 Å². The van der Waals surface area contributed by atoms with E-state index < -0.39 is 17.4 Å². The number of benzene rings is 1. The Bertz CT molecular complexity index is 1180. The van der Waals surface area contributed by atoms with Gasteiger partial charge < -0.3 is 17.7 Å². The van der Waals surface area contributed by atoms with Crippen LogP contribution < -0.4 is 13.7 Å². The molecule has 0 aliphatic carbocycles. The molecule has 152 valence electrons. The first-order valence-corrected chi connectivity index (χ1v) is 10.0. The number of fused-ring (bicyclic) bond motifs is 2. The van der Waals surface area contributed by atoms with Crippen LogP contribution in [0.2, 0.25) is 0 Å². The quantitative estimate of drug-likeness (QED) is 0.513. The summed E-state index contributed by atoms with van der Waals surface area (Å²) < 4.78 is 11.1. The van der Waals surface area contributed by atoms with E-state index in [1.54, 1.807) is 58.4 Å². The maximum atomic E-state index is 13.1. The lowest BCUT2D eigenvalue weighted by molar-refractivity contribution is -0.127. The number of imide groups is 1. The van der Waals surface area contributed by atoms with Crippen LogP contribution in [0.25, 0.3) is 11.1 Å². The second-order valence-electron chi connectivity index (χ2n) is 7.28. The van der Waals surface area contributed by atoms with E-state index in [1.165, 1.54) is 0 Å². The first-order valence-electron chi connectivity index (χ1n) is 9.15. The highest BCUT2D eigenvalue weighted by Gasteiger charge is 2.50. The fourth-order valence-corrected chi connectivity index (χ4v) is 4.21. The molecule has 0 unspecified atom stereocenters. The van der Waals surface area contributed by atoms with Gasteiger partial charge in [-0.15, -0.1) is 0 Å². The standard InChI is InChI=1S/C20H15IN4O5/c21-30-13-4-3-12-8-25(17(26)14(12)7-13)10-20(9-23-19(28)24-18(20)27)15-6-11-2-1-5-22-16(11)29-15/h1-7H,8-10H2,(H2,23,24,27,28)/t20-/m1/s1. The van der Waals surface area contributed by atoms with Crippen LogP contribution >= 0.6 is 23.0 Å². The number of nitrogens with one attached hydrogen (secondary N) is 2. The van der Waals surface area contributed by atoms with Crippen LogP contribution in [-0.2, 0) is 16.8 Å². The molecule has 2 aromatic heterocycles. The number of nitrogens with zero attached hydrogens (tertiary/aromatic N) is 2. The van der Waals surface area contributed by atoms with Gasteiger partial charge in [0.15, 0.2) is 23.0 Å². The molecule has 5 rings (SSSR count). The highest BCUT2D eigenvalue weighted by atomic mass is 127. The third-order valence-electron chi connectivity index (χ3n) is 5.49. The summed E-state index contributed by atoms with van der Waals surface area (Å²) in [7, 11) is 0. The zero-order valence-electron chi connectivity index (χ0n) is 15.5. The number of hydrogen-bond donors (Lipinski definition) is 2. The van der Waals surface area contributed by atoms with Gasteiger partial charge in [0.2, 0.25) is 11.6 Å². The van der Waals surface area contributed by atoms with Gasteiger partial charge in [0.05, 0.1) is 0 Å². The Morgan fingerprint density at radius 1 is 1.23 bits per heavy atom. The van der Waals surface area contributed by atoms with Gasteiger partial charge in [0.1, 0.15) is 16.9 Å². The van der Waals surface area contributed by atoms with E-state index in [1.807, 2.05) is 12.1 Å². The molecule has 1 fully saturated rings. The minimum Gasteiger partial charge on any atom is -0.441 e. The molecule has 1 saturated heterocycles. The fourth-order valence-electron chi connectivity index (χ4n) is 3.93. The van der Waals surface area contributed by atoms with E-state index in [4.69, 9.17) is 7.48 Å². The van der Waals surface area contributed by atoms with Gasteiger partial charge in [0, 0.05) is 36.8 Å². The number of urea groups is 1. The van der Waals surface area contributed by atoms with Gasteiger partial charge >= 0.3 is 6.03 Å². The summed E-state index contributed by atoms with van der Waals surface area (Å²) in [5.74, 6) is 0.183. The minimum atomic E-state index is -1.28. The minimum absolute atomic E-state index is 0.000272. The van der Waals surface area contributed by atoms with Crippen molar-refractivity contribution >= 4 is 52.0 Å². The van der Waals surface area contributed by atoms with E-state index in [0.717, 1.165) is 10.9 Å². The molecule has 0 saturated carbocycles. The smallest absolute Gasteiger partial charge is 0.321 e. The number of hydrogen-bond acceptors (Lipinski definition) is 6. The maximum Gasteiger partial charge on any atom is 0.321 e. The molecular weight excluding hydrogens is 503 g/mol. The third-order valence-corrected chi connectivity index (χ3v) is 6.00. The van der Waals surface area contributed by atoms with Crippen LogP contribution in [0.15, 0.2) is 47.0 Å². The number of furan rings is 1. The van der Waals surface area contributed by atoms with Crippen molar-refractivity contribution in [1.29, 1.82) is 0 Å². The molecular formula is C20H15IN4O5. The Kier molecular flexibility index (Phi) is 4.38. The van der Waals surface area contributed by atoms with Crippen LogP contribution in [0.3, 0.4) is 0 Å². The van der Waals surface area contributed by atoms with Crippen molar-refractivity contribution < 1.29 is 21.9 Å². The summed E-state index contributed by atoms with van der Waals surface area (Å²) in [5, 5.41) is 5.71. The SMILES string of the molecule is O=C1NC[C@@](CN2Cc3ccc(OI)cc3C2=O)(c2cc3cccnc3o2)C(=O)N1. The summed E-state index contributed by atoms with van der Waals surface area (Å²) in [6, 6.07) is 10.1. The van der Waals surface area contributed by atoms with Gasteiger partial charge in [-0.05, 0) is 35.9 Å². The Morgan fingerprint density at radius 3 is 2.87 bits per heavy atom. The molecule has 1 aromatic carbocycles. The van der Waals surface area contributed by atoms with E-state index >= 15 is 0 Å². The second-order valence-corrected chi connectivity index (χ2v) is 7.73. The monoisotopic (exact) mass is 518 g/mol. The van der Waals surface area contributed by atoms with Crippen LogP contribution in [0.5, 0.6) is 5.75 Å². The highest BCUT2D eigenvalue weighted by molar-refractivity contribution is 14.1. The predicted octanol–water partition coefficient (Wildman–Crippen LogP) is 2.29. The fraction of sp³-hybridized carbons (Fsp3) is 0.200. The zero-order chi connectivity index (χ0) is 20.9. The lowest BCUT2D eigenvalue weighted by Crippen LogP contribution is -2.64. The average molecular weight is 518 g/mol. The largest absolute Gasteiger partial charge is 0.441 e. The number of halogens is 1. The molecule has 30 heavy (non-hydrogen) atoms. The van der Waals surface area contributed by atoms with Crippen molar-refractivity contribution in [2.75, 3.05) is 13.1 Å². The van der Waals surface area contributed by atoms with Gasteiger partial charge in [-0.25, -0.2) is 9.78 Å². The molecule has 1 atom stereocenters. The van der Waals surface area contributed by atoms with Gasteiger partial charge in [0.25, 0.3) is 5.91 Å². The first-order chi connectivity index (χ1) is 14.5. The maximum absolute atomic E-state index is 13.1. The van der Waals surface area contributed by atoms with Crippen molar-refractivity contribution in [2.45, 2.75) is 12.0 Å². The lowest BCUT2D eigenvalue weighted by atomic mass is 9.82. The molecule has 0 spiro atoms. The molecule has 0 radical (unpaired) electrons. The molecule has 0 bridgehead atoms. The Labute approximate surface area is 184 Å². The number of carbonyl (C=O) groups is 3. The summed E-state index contributed by atoms with van der Waals surface area (Å²) in [6.07, 6.45) is 1.60. The van der Waals surface area contributed by atoms with Gasteiger partial charge in [-0.1, -0.05) is 6.07 Å². The Hall–Kier alpha value is -3.15. The highest BCUT2D eigenvalue weighted by Crippen LogP contribution is 2.35. The number of pyridine rings is 1. The van der Waals surface area contributed by atoms with Crippen molar-refractivity contribution in [3.8, 4) is 5.75 Å². The second kappa shape index (κ2) is 6.97. The van der Waals surface area contributed by atoms with Crippen molar-refractivity contribution in [3.63, 3.8) is 0 Å². The van der Waals surface area contributed by atoms with Crippen LogP contribution in [0.1, 0.15) is 21.7 Å². The zero-order valence-corrected chi connectivity index (χ0v) is 17.6. The van der Waals surface area contributed by atoms with Gasteiger partial charge in [-0.2, -0.15) is 0 Å². The third kappa shape index (κ3) is 2.90. The summed E-state index contributed by atoms with van der Waals surface area (Å²) in [4.78, 5) is 43.6. The normalized spacial score (nSPS) is 20.8. The topological polar surface area (TPSA) is 114 Å². The molecule has 2 N–H and O–H groups in total. The molecule has 9 nitrogen and oxygen atoms in total. The van der Waals surface area contributed by atoms with Crippen LogP contribution in [0, 0.1) is 0 Å². The van der Waals surface area contributed by atoms with Crippen LogP contribution in [-0.4, -0.2) is 40.8 Å². The Balaban J connectivity index is 1.54. The van der Waals surface area contributed by atoms with Crippen molar-refractivity contribution in [2.24, 2.45) is 0 Å². The van der Waals surface area contributed by atoms with E-state index in [2.05, 4.69) is 15.6 Å². The number of carbonyl (C=O) groups excluding carboxylic acids is 3. The predicted molar refractivity (Wildman–Crippen MR) is 113 cm³/mol.